The van der Waals surface area contributed by atoms with Crippen LogP contribution in [0.4, 0.5) is 4.39 Å². The van der Waals surface area contributed by atoms with E-state index in [0.29, 0.717) is 17.7 Å². The van der Waals surface area contributed by atoms with Gasteiger partial charge < -0.3 is 11.1 Å². The van der Waals surface area contributed by atoms with Gasteiger partial charge in [0.1, 0.15) is 5.82 Å². The molecule has 1 amide bonds. The van der Waals surface area contributed by atoms with Gasteiger partial charge in [-0.05, 0) is 41.5 Å². The molecular formula is C15H14BrFN2O. The Labute approximate surface area is 125 Å². The van der Waals surface area contributed by atoms with Gasteiger partial charge in [-0.25, -0.2) is 4.39 Å². The molecule has 0 bridgehead atoms. The van der Waals surface area contributed by atoms with Gasteiger partial charge in [0, 0.05) is 23.1 Å². The second-order valence-electron chi connectivity index (χ2n) is 4.32. The topological polar surface area (TPSA) is 55.1 Å². The van der Waals surface area contributed by atoms with Crippen molar-refractivity contribution in [2.75, 3.05) is 0 Å². The molecule has 0 saturated heterocycles. The lowest BCUT2D eigenvalue weighted by Gasteiger charge is -2.08. The Balaban J connectivity index is 2.02. The van der Waals surface area contributed by atoms with Gasteiger partial charge in [0.25, 0.3) is 5.91 Å². The van der Waals surface area contributed by atoms with E-state index in [-0.39, 0.29) is 18.3 Å². The Morgan fingerprint density at radius 3 is 2.55 bits per heavy atom. The molecule has 2 rings (SSSR count). The molecule has 0 heterocycles. The monoisotopic (exact) mass is 336 g/mol. The molecule has 0 aliphatic carbocycles. The van der Waals surface area contributed by atoms with E-state index < -0.39 is 0 Å². The van der Waals surface area contributed by atoms with E-state index in [1.54, 1.807) is 18.2 Å². The van der Waals surface area contributed by atoms with E-state index in [1.807, 2.05) is 12.1 Å². The molecule has 5 heteroatoms. The molecule has 0 fully saturated rings. The summed E-state index contributed by atoms with van der Waals surface area (Å²) >= 11 is 3.32. The third-order valence-corrected chi connectivity index (χ3v) is 3.67. The highest BCUT2D eigenvalue weighted by molar-refractivity contribution is 9.10. The van der Waals surface area contributed by atoms with Crippen LogP contribution < -0.4 is 11.1 Å². The van der Waals surface area contributed by atoms with Crippen LogP contribution in [0.2, 0.25) is 0 Å². The number of benzene rings is 2. The van der Waals surface area contributed by atoms with Gasteiger partial charge in [-0.3, -0.25) is 4.79 Å². The first-order valence-electron chi connectivity index (χ1n) is 6.11. The Morgan fingerprint density at radius 2 is 1.90 bits per heavy atom. The summed E-state index contributed by atoms with van der Waals surface area (Å²) in [5.41, 5.74) is 7.71. The molecular weight excluding hydrogens is 323 g/mol. The quantitative estimate of drug-likeness (QED) is 0.901. The van der Waals surface area contributed by atoms with Crippen LogP contribution in [0.1, 0.15) is 21.5 Å². The minimum absolute atomic E-state index is 0.204. The van der Waals surface area contributed by atoms with Crippen molar-refractivity contribution in [2.45, 2.75) is 13.1 Å². The van der Waals surface area contributed by atoms with Crippen LogP contribution in [-0.2, 0) is 13.1 Å². The number of rotatable bonds is 4. The lowest BCUT2D eigenvalue weighted by Crippen LogP contribution is -2.23. The standard InChI is InChI=1S/C15H14BrFN2O/c16-14-6-5-13(17)7-12(14)9-19-15(20)11-3-1-10(8-18)2-4-11/h1-7H,8-9,18H2,(H,19,20). The molecule has 0 spiro atoms. The van der Waals surface area contributed by atoms with Crippen LogP contribution >= 0.6 is 15.9 Å². The van der Waals surface area contributed by atoms with Crippen LogP contribution in [0.15, 0.2) is 46.9 Å². The van der Waals surface area contributed by atoms with Gasteiger partial charge in [-0.1, -0.05) is 28.1 Å². The lowest BCUT2D eigenvalue weighted by atomic mass is 10.1. The maximum absolute atomic E-state index is 13.1. The van der Waals surface area contributed by atoms with E-state index >= 15 is 0 Å². The Kier molecular flexibility index (Phi) is 4.87. The summed E-state index contributed by atoms with van der Waals surface area (Å²) in [5, 5.41) is 2.75. The average molecular weight is 337 g/mol. The van der Waals surface area contributed by atoms with Gasteiger partial charge in [0.2, 0.25) is 0 Å². The Bertz CT molecular complexity index is 614. The van der Waals surface area contributed by atoms with Gasteiger partial charge in [-0.2, -0.15) is 0 Å². The summed E-state index contributed by atoms with van der Waals surface area (Å²) in [6.45, 7) is 0.702. The zero-order chi connectivity index (χ0) is 14.5. The molecule has 104 valence electrons. The number of nitrogens with two attached hydrogens (primary N) is 1. The zero-order valence-corrected chi connectivity index (χ0v) is 12.3. The van der Waals surface area contributed by atoms with Gasteiger partial charge in [0.05, 0.1) is 0 Å². The van der Waals surface area contributed by atoms with Gasteiger partial charge in [0.15, 0.2) is 0 Å². The van der Waals surface area contributed by atoms with Crippen molar-refractivity contribution in [3.63, 3.8) is 0 Å². The summed E-state index contributed by atoms with van der Waals surface area (Å²) in [6.07, 6.45) is 0. The first kappa shape index (κ1) is 14.7. The highest BCUT2D eigenvalue weighted by Gasteiger charge is 2.07. The maximum atomic E-state index is 13.1. The van der Waals surface area contributed by atoms with Gasteiger partial charge >= 0.3 is 0 Å². The molecule has 2 aromatic rings. The molecule has 0 unspecified atom stereocenters. The molecule has 0 atom stereocenters. The Morgan fingerprint density at radius 1 is 1.20 bits per heavy atom. The molecule has 3 nitrogen and oxygen atoms in total. The van der Waals surface area contributed by atoms with Crippen LogP contribution in [-0.4, -0.2) is 5.91 Å². The van der Waals surface area contributed by atoms with Crippen molar-refractivity contribution in [1.29, 1.82) is 0 Å². The summed E-state index contributed by atoms with van der Waals surface area (Å²) in [6, 6.07) is 11.4. The first-order valence-corrected chi connectivity index (χ1v) is 6.90. The van der Waals surface area contributed by atoms with E-state index in [1.165, 1.54) is 12.1 Å². The van der Waals surface area contributed by atoms with Crippen LogP contribution in [0.3, 0.4) is 0 Å². The van der Waals surface area contributed by atoms with Crippen LogP contribution in [0.5, 0.6) is 0 Å². The first-order chi connectivity index (χ1) is 9.60. The fourth-order valence-corrected chi connectivity index (χ4v) is 2.14. The molecule has 0 aliphatic rings. The van der Waals surface area contributed by atoms with Crippen LogP contribution in [0.25, 0.3) is 0 Å². The highest BCUT2D eigenvalue weighted by Crippen LogP contribution is 2.17. The van der Waals surface area contributed by atoms with Crippen molar-refractivity contribution < 1.29 is 9.18 Å². The average Bonchev–Trinajstić information content (AvgIpc) is 2.48. The van der Waals surface area contributed by atoms with E-state index in [4.69, 9.17) is 5.73 Å². The third kappa shape index (κ3) is 3.65. The van der Waals surface area contributed by atoms with E-state index in [2.05, 4.69) is 21.2 Å². The van der Waals surface area contributed by atoms with E-state index in [0.717, 1.165) is 10.0 Å². The van der Waals surface area contributed by atoms with Crippen molar-refractivity contribution in [3.8, 4) is 0 Å². The number of halogens is 2. The summed E-state index contributed by atoms with van der Waals surface area (Å²) in [5.74, 6) is -0.533. The molecule has 0 saturated carbocycles. The number of hydrogen-bond donors (Lipinski definition) is 2. The molecule has 3 N–H and O–H groups in total. The van der Waals surface area contributed by atoms with Crippen molar-refractivity contribution >= 4 is 21.8 Å². The maximum Gasteiger partial charge on any atom is 0.251 e. The number of carbonyl (C=O) groups is 1. The number of hydrogen-bond acceptors (Lipinski definition) is 2. The smallest absolute Gasteiger partial charge is 0.251 e. The fourth-order valence-electron chi connectivity index (χ4n) is 1.75. The molecule has 0 aliphatic heterocycles. The minimum atomic E-state index is -0.329. The highest BCUT2D eigenvalue weighted by atomic mass is 79.9. The second-order valence-corrected chi connectivity index (χ2v) is 5.17. The third-order valence-electron chi connectivity index (χ3n) is 2.90. The molecule has 20 heavy (non-hydrogen) atoms. The minimum Gasteiger partial charge on any atom is -0.348 e. The van der Waals surface area contributed by atoms with Crippen molar-refractivity contribution in [1.82, 2.24) is 5.32 Å². The number of nitrogens with one attached hydrogen (secondary N) is 1. The lowest BCUT2D eigenvalue weighted by molar-refractivity contribution is 0.0951. The summed E-state index contributed by atoms with van der Waals surface area (Å²) in [4.78, 5) is 12.0. The van der Waals surface area contributed by atoms with Gasteiger partial charge in [-0.15, -0.1) is 0 Å². The van der Waals surface area contributed by atoms with Crippen molar-refractivity contribution in [3.05, 3.63) is 69.4 Å². The predicted octanol–water partition coefficient (Wildman–Crippen LogP) is 2.98. The van der Waals surface area contributed by atoms with E-state index in [9.17, 15) is 9.18 Å². The number of carbonyl (C=O) groups excluding carboxylic acids is 1. The van der Waals surface area contributed by atoms with Crippen LogP contribution in [0, 0.1) is 5.82 Å². The molecule has 0 radical (unpaired) electrons. The Hall–Kier alpha value is -1.72. The largest absolute Gasteiger partial charge is 0.348 e. The second kappa shape index (κ2) is 6.63. The molecule has 0 aromatic heterocycles. The fraction of sp³-hybridized carbons (Fsp3) is 0.133. The normalized spacial score (nSPS) is 10.3. The zero-order valence-electron chi connectivity index (χ0n) is 10.7. The predicted molar refractivity (Wildman–Crippen MR) is 79.6 cm³/mol. The van der Waals surface area contributed by atoms with Crippen molar-refractivity contribution in [2.24, 2.45) is 5.73 Å². The number of amides is 1. The molecule has 2 aromatic carbocycles. The SMILES string of the molecule is NCc1ccc(C(=O)NCc2cc(F)ccc2Br)cc1. The summed E-state index contributed by atoms with van der Waals surface area (Å²) < 4.78 is 13.9. The summed E-state index contributed by atoms with van der Waals surface area (Å²) in [7, 11) is 0.